The third kappa shape index (κ3) is 2.97. The zero-order valence-corrected chi connectivity index (χ0v) is 12.2. The maximum Gasteiger partial charge on any atom is 0.162 e. The zero-order valence-electron chi connectivity index (χ0n) is 12.2. The number of anilines is 1. The molecule has 0 fully saturated rings. The number of nitriles is 1. The van der Waals surface area contributed by atoms with Crippen LogP contribution in [0.15, 0.2) is 48.7 Å². The molecule has 0 saturated heterocycles. The van der Waals surface area contributed by atoms with Crippen molar-refractivity contribution in [1.29, 1.82) is 5.26 Å². The van der Waals surface area contributed by atoms with E-state index in [-0.39, 0.29) is 0 Å². The van der Waals surface area contributed by atoms with Crippen molar-refractivity contribution in [3.8, 4) is 6.07 Å². The van der Waals surface area contributed by atoms with E-state index in [0.29, 0.717) is 29.8 Å². The first kappa shape index (κ1) is 14.9. The predicted molar refractivity (Wildman–Crippen MR) is 85.0 cm³/mol. The first-order valence-corrected chi connectivity index (χ1v) is 7.15. The third-order valence-electron chi connectivity index (χ3n) is 3.62. The molecule has 2 aromatic carbocycles. The summed E-state index contributed by atoms with van der Waals surface area (Å²) < 4.78 is 26.9. The van der Waals surface area contributed by atoms with Crippen LogP contribution < -0.4 is 5.32 Å². The molecule has 3 aromatic rings. The quantitative estimate of drug-likeness (QED) is 0.791. The van der Waals surface area contributed by atoms with Crippen molar-refractivity contribution in [3.63, 3.8) is 0 Å². The molecular formula is C18H13F2N3. The molecule has 5 heteroatoms. The van der Waals surface area contributed by atoms with Crippen LogP contribution in [0.25, 0.3) is 10.9 Å². The molecular weight excluding hydrogens is 296 g/mol. The molecule has 1 heterocycles. The number of aromatic nitrogens is 1. The molecule has 1 N–H and O–H groups in total. The number of benzene rings is 2. The van der Waals surface area contributed by atoms with Gasteiger partial charge in [-0.3, -0.25) is 4.98 Å². The van der Waals surface area contributed by atoms with E-state index < -0.39 is 11.6 Å². The minimum Gasteiger partial charge on any atom is -0.383 e. The molecule has 0 amide bonds. The second-order valence-corrected chi connectivity index (χ2v) is 5.07. The summed E-state index contributed by atoms with van der Waals surface area (Å²) in [6, 6.07) is 13.7. The van der Waals surface area contributed by atoms with E-state index >= 15 is 0 Å². The number of hydrogen-bond acceptors (Lipinski definition) is 3. The summed E-state index contributed by atoms with van der Waals surface area (Å²) in [5, 5.41) is 13.2. The van der Waals surface area contributed by atoms with Gasteiger partial charge in [-0.25, -0.2) is 8.78 Å². The Hall–Kier alpha value is -3.00. The minimum absolute atomic E-state index is 0.300. The number of nitrogens with one attached hydrogen (secondary N) is 1. The fraction of sp³-hybridized carbons (Fsp3) is 0.111. The Balaban J connectivity index is 1.84. The van der Waals surface area contributed by atoms with Crippen LogP contribution in [0.3, 0.4) is 0 Å². The van der Waals surface area contributed by atoms with Crippen molar-refractivity contribution in [2.75, 3.05) is 11.9 Å². The number of halogens is 2. The van der Waals surface area contributed by atoms with Crippen molar-refractivity contribution >= 4 is 16.6 Å². The molecule has 0 bridgehead atoms. The van der Waals surface area contributed by atoms with Crippen molar-refractivity contribution in [2.45, 2.75) is 6.42 Å². The van der Waals surface area contributed by atoms with Gasteiger partial charge in [-0.05, 0) is 24.1 Å². The summed E-state index contributed by atoms with van der Waals surface area (Å²) in [6.07, 6.45) is 1.82. The van der Waals surface area contributed by atoms with Crippen molar-refractivity contribution in [2.24, 2.45) is 0 Å². The first-order chi connectivity index (χ1) is 11.2. The Kier molecular flexibility index (Phi) is 4.15. The Labute approximate surface area is 132 Å². The molecule has 0 radical (unpaired) electrons. The number of para-hydroxylation sites is 1. The number of pyridine rings is 1. The Morgan fingerprint density at radius 2 is 1.91 bits per heavy atom. The van der Waals surface area contributed by atoms with Gasteiger partial charge in [0.2, 0.25) is 0 Å². The highest BCUT2D eigenvalue weighted by Gasteiger charge is 2.10. The van der Waals surface area contributed by atoms with Gasteiger partial charge >= 0.3 is 0 Å². The Morgan fingerprint density at radius 3 is 2.74 bits per heavy atom. The summed E-state index contributed by atoms with van der Waals surface area (Å²) in [4.78, 5) is 4.23. The standard InChI is InChI=1S/C18H13F2N3/c19-15-6-3-4-12(17(15)20)8-9-22-18-13(10-21)11-23-16-7-2-1-5-14(16)18/h1-7,11H,8-9H2,(H,22,23). The van der Waals surface area contributed by atoms with E-state index in [9.17, 15) is 14.0 Å². The van der Waals surface area contributed by atoms with Crippen LogP contribution in [-0.2, 0) is 6.42 Å². The number of fused-ring (bicyclic) bond motifs is 1. The highest BCUT2D eigenvalue weighted by Crippen LogP contribution is 2.25. The Bertz CT molecular complexity index is 900. The van der Waals surface area contributed by atoms with Gasteiger partial charge in [0.05, 0.1) is 16.8 Å². The molecule has 3 rings (SSSR count). The van der Waals surface area contributed by atoms with Crippen LogP contribution >= 0.6 is 0 Å². The van der Waals surface area contributed by atoms with Crippen molar-refractivity contribution < 1.29 is 8.78 Å². The lowest BCUT2D eigenvalue weighted by atomic mass is 10.1. The molecule has 23 heavy (non-hydrogen) atoms. The lowest BCUT2D eigenvalue weighted by Gasteiger charge is -2.11. The highest BCUT2D eigenvalue weighted by molar-refractivity contribution is 5.93. The maximum absolute atomic E-state index is 13.7. The first-order valence-electron chi connectivity index (χ1n) is 7.15. The van der Waals surface area contributed by atoms with Gasteiger partial charge in [0.1, 0.15) is 6.07 Å². The lowest BCUT2D eigenvalue weighted by Crippen LogP contribution is -2.08. The monoisotopic (exact) mass is 309 g/mol. The minimum atomic E-state index is -0.852. The summed E-state index contributed by atoms with van der Waals surface area (Å²) >= 11 is 0. The average Bonchev–Trinajstić information content (AvgIpc) is 2.58. The van der Waals surface area contributed by atoms with Crippen LogP contribution in [0.5, 0.6) is 0 Å². The van der Waals surface area contributed by atoms with Gasteiger partial charge in [-0.15, -0.1) is 0 Å². The van der Waals surface area contributed by atoms with Gasteiger partial charge in [0.15, 0.2) is 11.6 Å². The van der Waals surface area contributed by atoms with E-state index in [2.05, 4.69) is 16.4 Å². The summed E-state index contributed by atoms with van der Waals surface area (Å²) in [5.74, 6) is -1.68. The molecule has 0 unspecified atom stereocenters. The molecule has 3 nitrogen and oxygen atoms in total. The normalized spacial score (nSPS) is 10.5. The molecule has 0 atom stereocenters. The fourth-order valence-corrected chi connectivity index (χ4v) is 2.48. The molecule has 114 valence electrons. The van der Waals surface area contributed by atoms with Crippen LogP contribution in [0.4, 0.5) is 14.5 Å². The van der Waals surface area contributed by atoms with E-state index in [4.69, 9.17) is 0 Å². The Morgan fingerprint density at radius 1 is 1.09 bits per heavy atom. The van der Waals surface area contributed by atoms with Crippen LogP contribution in [0.2, 0.25) is 0 Å². The molecule has 0 aliphatic rings. The predicted octanol–water partition coefficient (Wildman–Crippen LogP) is 4.04. The second-order valence-electron chi connectivity index (χ2n) is 5.07. The summed E-state index contributed by atoms with van der Waals surface area (Å²) in [6.45, 7) is 0.378. The topological polar surface area (TPSA) is 48.7 Å². The van der Waals surface area contributed by atoms with Gasteiger partial charge < -0.3 is 5.32 Å². The lowest BCUT2D eigenvalue weighted by molar-refractivity contribution is 0.499. The van der Waals surface area contributed by atoms with Gasteiger partial charge in [-0.2, -0.15) is 5.26 Å². The number of hydrogen-bond donors (Lipinski definition) is 1. The number of rotatable bonds is 4. The van der Waals surface area contributed by atoms with Crippen LogP contribution in [0, 0.1) is 23.0 Å². The average molecular weight is 309 g/mol. The molecule has 0 aliphatic heterocycles. The van der Waals surface area contributed by atoms with Crippen LogP contribution in [-0.4, -0.2) is 11.5 Å². The van der Waals surface area contributed by atoms with E-state index in [1.165, 1.54) is 12.3 Å². The van der Waals surface area contributed by atoms with E-state index in [1.807, 2.05) is 24.3 Å². The maximum atomic E-state index is 13.7. The van der Waals surface area contributed by atoms with Gasteiger partial charge in [0.25, 0.3) is 0 Å². The molecule has 0 saturated carbocycles. The van der Waals surface area contributed by atoms with Crippen LogP contribution in [0.1, 0.15) is 11.1 Å². The summed E-state index contributed by atoms with van der Waals surface area (Å²) in [7, 11) is 0. The third-order valence-corrected chi connectivity index (χ3v) is 3.62. The highest BCUT2D eigenvalue weighted by atomic mass is 19.2. The van der Waals surface area contributed by atoms with Crippen molar-refractivity contribution in [1.82, 2.24) is 4.98 Å². The zero-order chi connectivity index (χ0) is 16.2. The smallest absolute Gasteiger partial charge is 0.162 e. The SMILES string of the molecule is N#Cc1cnc2ccccc2c1NCCc1cccc(F)c1F. The largest absolute Gasteiger partial charge is 0.383 e. The fourth-order valence-electron chi connectivity index (χ4n) is 2.48. The van der Waals surface area contributed by atoms with Gasteiger partial charge in [-0.1, -0.05) is 30.3 Å². The molecule has 1 aromatic heterocycles. The molecule has 0 spiro atoms. The second kappa shape index (κ2) is 6.41. The van der Waals surface area contributed by atoms with E-state index in [1.54, 1.807) is 6.07 Å². The summed E-state index contributed by atoms with van der Waals surface area (Å²) in [5.41, 5.74) is 2.15. The number of nitrogens with zero attached hydrogens (tertiary/aromatic N) is 2. The van der Waals surface area contributed by atoms with Crippen molar-refractivity contribution in [3.05, 3.63) is 71.4 Å². The van der Waals surface area contributed by atoms with E-state index in [0.717, 1.165) is 17.0 Å². The molecule has 0 aliphatic carbocycles. The van der Waals surface area contributed by atoms with Gasteiger partial charge in [0, 0.05) is 18.1 Å².